The number of hydrogen-bond acceptors (Lipinski definition) is 4. The molecule has 2 aromatic rings. The first-order valence-corrected chi connectivity index (χ1v) is 8.19. The Morgan fingerprint density at radius 1 is 0.750 bits per heavy atom. The van der Waals surface area contributed by atoms with Crippen molar-refractivity contribution in [1.82, 2.24) is 10.2 Å². The Labute approximate surface area is 138 Å². The highest BCUT2D eigenvalue weighted by Gasteiger charge is 2.32. The van der Waals surface area contributed by atoms with Crippen LogP contribution in [-0.2, 0) is 0 Å². The first-order valence-electron chi connectivity index (χ1n) is 7.19. The number of nitrogens with one attached hydrogen (secondary N) is 1. The molecule has 118 valence electrons. The lowest BCUT2D eigenvalue weighted by molar-refractivity contribution is 0.0692. The van der Waals surface area contributed by atoms with E-state index in [4.69, 9.17) is 0 Å². The van der Waals surface area contributed by atoms with E-state index in [1.807, 2.05) is 0 Å². The molecule has 2 heterocycles. The smallest absolute Gasteiger partial charge is 0.261 e. The fourth-order valence-corrected chi connectivity index (χ4v) is 3.95. The molecule has 1 unspecified atom stereocenters. The Bertz CT molecular complexity index is 967. The lowest BCUT2D eigenvalue weighted by Crippen LogP contribution is -2.24. The van der Waals surface area contributed by atoms with Crippen LogP contribution in [0.5, 0.6) is 0 Å². The molecular weight excluding hydrogens is 327 g/mol. The molecule has 0 bridgehead atoms. The van der Waals surface area contributed by atoms with E-state index in [1.54, 1.807) is 36.4 Å². The zero-order chi connectivity index (χ0) is 17.0. The highest BCUT2D eigenvalue weighted by atomic mass is 31.1. The van der Waals surface area contributed by atoms with Crippen LogP contribution in [0.25, 0.3) is 0 Å². The van der Waals surface area contributed by atoms with Crippen LogP contribution < -0.4 is 15.9 Å². The zero-order valence-corrected chi connectivity index (χ0v) is 13.5. The summed E-state index contributed by atoms with van der Waals surface area (Å²) in [5.74, 6) is -1.37. The van der Waals surface area contributed by atoms with Crippen LogP contribution in [0.3, 0.4) is 0 Å². The molecule has 1 N–H and O–H groups in total. The minimum absolute atomic E-state index is 0.206. The number of carbonyl (C=O) groups is 4. The number of benzene rings is 2. The third-order valence-electron chi connectivity index (χ3n) is 4.11. The van der Waals surface area contributed by atoms with Crippen LogP contribution in [0.2, 0.25) is 0 Å². The van der Waals surface area contributed by atoms with Crippen molar-refractivity contribution in [2.24, 2.45) is 0 Å². The normalized spacial score (nSPS) is 16.1. The third kappa shape index (κ3) is 2.07. The lowest BCUT2D eigenvalue weighted by atomic mass is 10.1. The van der Waals surface area contributed by atoms with Crippen LogP contribution in [0, 0.1) is 0 Å². The molecule has 0 spiro atoms. The lowest BCUT2D eigenvalue weighted by Gasteiger charge is -2.05. The number of hydrogen-bond donors (Lipinski definition) is 1. The van der Waals surface area contributed by atoms with Crippen molar-refractivity contribution >= 4 is 42.8 Å². The Hall–Kier alpha value is -2.85. The second-order valence-electron chi connectivity index (χ2n) is 5.60. The summed E-state index contributed by atoms with van der Waals surface area (Å²) >= 11 is 0. The summed E-state index contributed by atoms with van der Waals surface area (Å²) in [5, 5.41) is 4.02. The van der Waals surface area contributed by atoms with Gasteiger partial charge in [-0.1, -0.05) is 20.7 Å². The molecule has 0 radical (unpaired) electrons. The van der Waals surface area contributed by atoms with E-state index >= 15 is 0 Å². The molecule has 0 saturated carbocycles. The van der Waals surface area contributed by atoms with Crippen LogP contribution >= 0.6 is 8.58 Å². The zero-order valence-electron chi connectivity index (χ0n) is 12.5. The van der Waals surface area contributed by atoms with Crippen molar-refractivity contribution in [3.05, 3.63) is 58.7 Å². The Morgan fingerprint density at radius 3 is 2.00 bits per heavy atom. The van der Waals surface area contributed by atoms with Gasteiger partial charge in [0.15, 0.2) is 0 Å². The monoisotopic (exact) mass is 338 g/mol. The number of carbonyl (C=O) groups excluding carboxylic acids is 4. The fraction of sp³-hybridized carbons (Fsp3) is 0.0588. The summed E-state index contributed by atoms with van der Waals surface area (Å²) in [6.07, 6.45) is 0. The van der Waals surface area contributed by atoms with Gasteiger partial charge in [-0.2, -0.15) is 0 Å². The highest BCUT2D eigenvalue weighted by molar-refractivity contribution is 7.55. The fourth-order valence-electron chi connectivity index (χ4n) is 2.85. The Morgan fingerprint density at radius 2 is 1.29 bits per heavy atom. The highest BCUT2D eigenvalue weighted by Crippen LogP contribution is 2.24. The predicted molar refractivity (Wildman–Crippen MR) is 88.7 cm³/mol. The van der Waals surface area contributed by atoms with Gasteiger partial charge in [-0.15, -0.1) is 0 Å². The number of rotatable bonds is 2. The van der Waals surface area contributed by atoms with Gasteiger partial charge in [-0.3, -0.25) is 29.4 Å². The maximum absolute atomic E-state index is 12.1. The van der Waals surface area contributed by atoms with Crippen molar-refractivity contribution in [1.29, 1.82) is 0 Å². The van der Waals surface area contributed by atoms with Gasteiger partial charge < -0.3 is 0 Å². The molecule has 0 fully saturated rings. The number of imide groups is 2. The molecule has 1 atom stereocenters. The van der Waals surface area contributed by atoms with Gasteiger partial charge in [0.05, 0.1) is 22.3 Å². The number of amides is 4. The summed E-state index contributed by atoms with van der Waals surface area (Å²) in [4.78, 5) is 48.4. The van der Waals surface area contributed by atoms with Crippen molar-refractivity contribution in [2.75, 3.05) is 7.05 Å². The van der Waals surface area contributed by atoms with E-state index in [0.717, 1.165) is 15.5 Å². The standard InChI is InChI=1S/C17H11N2O4P/c1-19-16(22)11-5-3-9(7-13(11)17(19)23)24-8-2-4-10-12(6-8)15(21)18-14(10)20/h2-7,24H,1H3,(H,18,20,21). The van der Waals surface area contributed by atoms with Crippen molar-refractivity contribution in [3.8, 4) is 0 Å². The van der Waals surface area contributed by atoms with E-state index in [2.05, 4.69) is 5.32 Å². The molecule has 6 nitrogen and oxygen atoms in total. The quantitative estimate of drug-likeness (QED) is 0.636. The van der Waals surface area contributed by atoms with Crippen LogP contribution in [0.4, 0.5) is 0 Å². The van der Waals surface area contributed by atoms with E-state index in [0.29, 0.717) is 22.3 Å². The molecule has 24 heavy (non-hydrogen) atoms. The minimum atomic E-state index is -0.391. The molecule has 4 rings (SSSR count). The number of nitrogens with zero attached hydrogens (tertiary/aromatic N) is 1. The number of fused-ring (bicyclic) bond motifs is 2. The van der Waals surface area contributed by atoms with E-state index in [1.165, 1.54) is 7.05 Å². The topological polar surface area (TPSA) is 83.6 Å². The second-order valence-corrected chi connectivity index (χ2v) is 7.00. The average molecular weight is 338 g/mol. The molecular formula is C17H11N2O4P. The molecule has 2 aliphatic rings. The van der Waals surface area contributed by atoms with Gasteiger partial charge in [-0.05, 0) is 34.9 Å². The van der Waals surface area contributed by atoms with Crippen LogP contribution in [-0.4, -0.2) is 35.6 Å². The maximum atomic E-state index is 12.1. The predicted octanol–water partition coefficient (Wildman–Crippen LogP) is 0.425. The van der Waals surface area contributed by atoms with Gasteiger partial charge >= 0.3 is 0 Å². The first kappa shape index (κ1) is 14.7. The molecule has 2 aromatic carbocycles. The van der Waals surface area contributed by atoms with Crippen molar-refractivity contribution in [2.45, 2.75) is 0 Å². The average Bonchev–Trinajstić information content (AvgIpc) is 2.97. The van der Waals surface area contributed by atoms with Crippen LogP contribution in [0.1, 0.15) is 41.4 Å². The SMILES string of the molecule is CN1C(=O)c2ccc(Pc3ccc4c(c3)C(=O)NC4=O)cc2C1=O. The Kier molecular flexibility index (Phi) is 3.11. The third-order valence-corrected chi connectivity index (χ3v) is 5.31. The van der Waals surface area contributed by atoms with Gasteiger partial charge in [0.2, 0.25) is 0 Å². The summed E-state index contributed by atoms with van der Waals surface area (Å²) in [6, 6.07) is 10.3. The van der Waals surface area contributed by atoms with Crippen molar-refractivity contribution in [3.63, 3.8) is 0 Å². The van der Waals surface area contributed by atoms with Gasteiger partial charge in [0.25, 0.3) is 23.6 Å². The largest absolute Gasteiger partial charge is 0.288 e. The molecule has 0 aliphatic carbocycles. The van der Waals surface area contributed by atoms with E-state index in [-0.39, 0.29) is 26.3 Å². The molecule has 7 heteroatoms. The Balaban J connectivity index is 1.67. The van der Waals surface area contributed by atoms with Crippen LogP contribution in [0.15, 0.2) is 36.4 Å². The molecule has 4 amide bonds. The molecule has 0 aromatic heterocycles. The van der Waals surface area contributed by atoms with Gasteiger partial charge in [-0.25, -0.2) is 0 Å². The summed E-state index contributed by atoms with van der Waals surface area (Å²) in [7, 11) is 1.67. The second kappa shape index (κ2) is 5.08. The molecule has 0 saturated heterocycles. The maximum Gasteiger partial charge on any atom is 0.261 e. The van der Waals surface area contributed by atoms with E-state index in [9.17, 15) is 19.2 Å². The first-order chi connectivity index (χ1) is 11.5. The van der Waals surface area contributed by atoms with Gasteiger partial charge in [0.1, 0.15) is 0 Å². The summed E-state index contributed by atoms with van der Waals surface area (Å²) < 4.78 is 0. The minimum Gasteiger partial charge on any atom is -0.288 e. The van der Waals surface area contributed by atoms with Gasteiger partial charge in [0, 0.05) is 7.05 Å². The summed E-state index contributed by atoms with van der Waals surface area (Å²) in [6.45, 7) is 0. The van der Waals surface area contributed by atoms with E-state index < -0.39 is 5.91 Å². The summed E-state index contributed by atoms with van der Waals surface area (Å²) in [5.41, 5.74) is 1.57. The van der Waals surface area contributed by atoms with Crippen molar-refractivity contribution < 1.29 is 19.2 Å². The molecule has 2 aliphatic heterocycles.